The van der Waals surface area contributed by atoms with Crippen molar-refractivity contribution in [2.45, 2.75) is 40.0 Å². The van der Waals surface area contributed by atoms with Crippen molar-refractivity contribution in [3.8, 4) is 0 Å². The number of carboxylic acids is 1. The summed E-state index contributed by atoms with van der Waals surface area (Å²) in [6, 6.07) is 0. The van der Waals surface area contributed by atoms with E-state index in [2.05, 4.69) is 32.9 Å². The smallest absolute Gasteiger partial charge is 0.307 e. The first kappa shape index (κ1) is 10.7. The molecule has 0 aromatic rings. The van der Waals surface area contributed by atoms with Gasteiger partial charge in [0.05, 0.1) is 5.92 Å². The Balaban J connectivity index is 2.43. The van der Waals surface area contributed by atoms with Crippen LogP contribution >= 0.6 is 0 Å². The highest BCUT2D eigenvalue weighted by atomic mass is 16.4. The van der Waals surface area contributed by atoms with Crippen molar-refractivity contribution in [2.75, 3.05) is 0 Å². The molecule has 2 bridgehead atoms. The fraction of sp³-hybridized carbons (Fsp3) is 0.769. The molecule has 1 saturated carbocycles. The van der Waals surface area contributed by atoms with Crippen molar-refractivity contribution in [3.05, 3.63) is 12.2 Å². The summed E-state index contributed by atoms with van der Waals surface area (Å²) in [5, 5.41) is 9.35. The Bertz CT molecular complexity index is 318. The van der Waals surface area contributed by atoms with E-state index in [1.165, 1.54) is 0 Å². The highest BCUT2D eigenvalue weighted by Gasteiger charge is 2.53. The van der Waals surface area contributed by atoms with Gasteiger partial charge in [0, 0.05) is 5.41 Å². The van der Waals surface area contributed by atoms with Crippen LogP contribution in [0.2, 0.25) is 0 Å². The van der Waals surface area contributed by atoms with Crippen LogP contribution in [0.3, 0.4) is 0 Å². The summed E-state index contributed by atoms with van der Waals surface area (Å²) in [4.78, 5) is 11.4. The molecule has 1 N–H and O–H groups in total. The molecule has 0 heterocycles. The van der Waals surface area contributed by atoms with Crippen LogP contribution in [-0.2, 0) is 4.79 Å². The summed E-state index contributed by atoms with van der Waals surface area (Å²) in [5.41, 5.74) is 0.0588. The van der Waals surface area contributed by atoms with Crippen LogP contribution < -0.4 is 0 Å². The summed E-state index contributed by atoms with van der Waals surface area (Å²) >= 11 is 0. The minimum Gasteiger partial charge on any atom is -0.481 e. The van der Waals surface area contributed by atoms with E-state index in [9.17, 15) is 9.90 Å². The molecule has 0 aromatic carbocycles. The quantitative estimate of drug-likeness (QED) is 0.708. The van der Waals surface area contributed by atoms with E-state index in [4.69, 9.17) is 0 Å². The van der Waals surface area contributed by atoms with Crippen LogP contribution in [0, 0.1) is 22.7 Å². The van der Waals surface area contributed by atoms with Crippen LogP contribution in [0.25, 0.3) is 0 Å². The average molecular weight is 208 g/mol. The summed E-state index contributed by atoms with van der Waals surface area (Å²) in [7, 11) is 0. The van der Waals surface area contributed by atoms with Crippen molar-refractivity contribution in [2.24, 2.45) is 22.7 Å². The Morgan fingerprint density at radius 1 is 1.40 bits per heavy atom. The number of hydrogen-bond donors (Lipinski definition) is 1. The van der Waals surface area contributed by atoms with Gasteiger partial charge in [-0.25, -0.2) is 0 Å². The van der Waals surface area contributed by atoms with Gasteiger partial charge in [-0.1, -0.05) is 32.9 Å². The third-order valence-electron chi connectivity index (χ3n) is 4.62. The lowest BCUT2D eigenvalue weighted by Crippen LogP contribution is -2.49. The van der Waals surface area contributed by atoms with Crippen LogP contribution in [-0.4, -0.2) is 11.1 Å². The molecule has 2 nitrogen and oxygen atoms in total. The number of fused-ring (bicyclic) bond motifs is 2. The molecule has 0 aliphatic heterocycles. The summed E-state index contributed by atoms with van der Waals surface area (Å²) in [5.74, 6) is -0.375. The highest BCUT2D eigenvalue weighted by Crippen LogP contribution is 2.58. The number of carboxylic acid groups (broad SMARTS) is 1. The van der Waals surface area contributed by atoms with Gasteiger partial charge in [-0.15, -0.1) is 0 Å². The van der Waals surface area contributed by atoms with Gasteiger partial charge in [0.2, 0.25) is 0 Å². The van der Waals surface area contributed by atoms with Gasteiger partial charge < -0.3 is 5.11 Å². The molecule has 0 saturated heterocycles. The summed E-state index contributed by atoms with van der Waals surface area (Å²) in [6.45, 7) is 6.48. The molecule has 3 rings (SSSR count). The zero-order valence-corrected chi connectivity index (χ0v) is 9.79. The SMILES string of the molecule is CC(C)[C@@]12C=C[C@@](C)(CC1)C[C@@H]2C(=O)O. The molecule has 15 heavy (non-hydrogen) atoms. The molecule has 0 spiro atoms. The Labute approximate surface area is 91.4 Å². The number of hydrogen-bond acceptors (Lipinski definition) is 1. The van der Waals surface area contributed by atoms with E-state index in [1.807, 2.05) is 0 Å². The van der Waals surface area contributed by atoms with E-state index in [0.717, 1.165) is 19.3 Å². The molecule has 0 radical (unpaired) electrons. The second-order valence-electron chi connectivity index (χ2n) is 5.85. The number of rotatable bonds is 2. The van der Waals surface area contributed by atoms with Crippen LogP contribution in [0.4, 0.5) is 0 Å². The number of aliphatic carboxylic acids is 1. The molecule has 0 aromatic heterocycles. The largest absolute Gasteiger partial charge is 0.481 e. The van der Waals surface area contributed by atoms with E-state index in [0.29, 0.717) is 5.92 Å². The van der Waals surface area contributed by atoms with Crippen LogP contribution in [0.15, 0.2) is 12.2 Å². The van der Waals surface area contributed by atoms with Gasteiger partial charge in [0.25, 0.3) is 0 Å². The van der Waals surface area contributed by atoms with Gasteiger partial charge in [-0.3, -0.25) is 4.79 Å². The number of carbonyl (C=O) groups is 1. The lowest BCUT2D eigenvalue weighted by Gasteiger charge is -2.53. The lowest BCUT2D eigenvalue weighted by atomic mass is 9.50. The van der Waals surface area contributed by atoms with Gasteiger partial charge in [0.15, 0.2) is 0 Å². The summed E-state index contributed by atoms with van der Waals surface area (Å²) in [6.07, 6.45) is 7.45. The Morgan fingerprint density at radius 2 is 2.07 bits per heavy atom. The van der Waals surface area contributed by atoms with Crippen molar-refractivity contribution in [1.82, 2.24) is 0 Å². The molecule has 3 atom stereocenters. The average Bonchev–Trinajstić information content (AvgIpc) is 2.17. The molecular formula is C13H20O2. The minimum absolute atomic E-state index is 0.0798. The molecule has 84 valence electrons. The van der Waals surface area contributed by atoms with Gasteiger partial charge in [-0.2, -0.15) is 0 Å². The highest BCUT2D eigenvalue weighted by molar-refractivity contribution is 5.72. The van der Waals surface area contributed by atoms with Crippen molar-refractivity contribution >= 4 is 5.97 Å². The first-order chi connectivity index (χ1) is 6.90. The summed E-state index contributed by atoms with van der Waals surface area (Å²) < 4.78 is 0. The molecule has 3 aliphatic carbocycles. The molecular weight excluding hydrogens is 188 g/mol. The Kier molecular flexibility index (Phi) is 2.21. The standard InChI is InChI=1S/C13H20O2/c1-9(2)13-6-4-12(3,5-7-13)8-10(13)11(14)15/h4,6,9-10H,5,7-8H2,1-3H3,(H,14,15)/t10-,12+,13-/m1/s1. The predicted octanol–water partition coefficient (Wildman–Crippen LogP) is 3.09. The lowest BCUT2D eigenvalue weighted by molar-refractivity contribution is -0.152. The third kappa shape index (κ3) is 1.42. The van der Waals surface area contributed by atoms with Crippen LogP contribution in [0.1, 0.15) is 40.0 Å². The molecule has 0 amide bonds. The fourth-order valence-electron chi connectivity index (χ4n) is 3.34. The molecule has 0 unspecified atom stereocenters. The van der Waals surface area contributed by atoms with Crippen molar-refractivity contribution in [3.63, 3.8) is 0 Å². The second-order valence-corrected chi connectivity index (χ2v) is 5.85. The molecule has 2 heteroatoms. The monoisotopic (exact) mass is 208 g/mol. The maximum Gasteiger partial charge on any atom is 0.307 e. The first-order valence-electron chi connectivity index (χ1n) is 5.83. The van der Waals surface area contributed by atoms with Gasteiger partial charge in [0.1, 0.15) is 0 Å². The Hall–Kier alpha value is -0.790. The van der Waals surface area contributed by atoms with E-state index >= 15 is 0 Å². The van der Waals surface area contributed by atoms with Gasteiger partial charge >= 0.3 is 5.97 Å². The maximum absolute atomic E-state index is 11.4. The predicted molar refractivity (Wildman–Crippen MR) is 59.5 cm³/mol. The topological polar surface area (TPSA) is 37.3 Å². The zero-order valence-electron chi connectivity index (χ0n) is 9.79. The molecule has 1 fully saturated rings. The third-order valence-corrected chi connectivity index (χ3v) is 4.62. The van der Waals surface area contributed by atoms with E-state index in [-0.39, 0.29) is 16.7 Å². The Morgan fingerprint density at radius 3 is 2.47 bits per heavy atom. The maximum atomic E-state index is 11.4. The molecule has 3 aliphatic rings. The minimum atomic E-state index is -0.612. The van der Waals surface area contributed by atoms with Crippen molar-refractivity contribution < 1.29 is 9.90 Å². The fourth-order valence-corrected chi connectivity index (χ4v) is 3.34. The van der Waals surface area contributed by atoms with Gasteiger partial charge in [-0.05, 0) is 30.6 Å². The number of allylic oxidation sites excluding steroid dienone is 2. The first-order valence-corrected chi connectivity index (χ1v) is 5.83. The zero-order chi connectivity index (χ0) is 11.3. The van der Waals surface area contributed by atoms with Crippen LogP contribution in [0.5, 0.6) is 0 Å². The second kappa shape index (κ2) is 3.10. The van der Waals surface area contributed by atoms with E-state index in [1.54, 1.807) is 0 Å². The van der Waals surface area contributed by atoms with Crippen molar-refractivity contribution in [1.29, 1.82) is 0 Å². The van der Waals surface area contributed by atoms with E-state index < -0.39 is 5.97 Å². The normalized spacial score (nSPS) is 43.6.